The second kappa shape index (κ2) is 7.07. The third kappa shape index (κ3) is 2.72. The van der Waals surface area contributed by atoms with Crippen LogP contribution in [0.3, 0.4) is 0 Å². The van der Waals surface area contributed by atoms with E-state index in [1.165, 1.54) is 7.11 Å². The van der Waals surface area contributed by atoms with Crippen LogP contribution >= 0.6 is 0 Å². The molecule has 0 aliphatic heterocycles. The lowest BCUT2D eigenvalue weighted by atomic mass is 9.98. The van der Waals surface area contributed by atoms with Crippen molar-refractivity contribution in [3.8, 4) is 11.4 Å². The fourth-order valence-corrected chi connectivity index (χ4v) is 4.21. The third-order valence-corrected chi connectivity index (χ3v) is 5.70. The van der Waals surface area contributed by atoms with Crippen LogP contribution in [0, 0.1) is 6.92 Å². The van der Waals surface area contributed by atoms with Crippen molar-refractivity contribution in [2.24, 2.45) is 0 Å². The van der Waals surface area contributed by atoms with Gasteiger partial charge in [-0.25, -0.2) is 14.8 Å². The number of nitrogens with one attached hydrogen (secondary N) is 1. The summed E-state index contributed by atoms with van der Waals surface area (Å²) in [7, 11) is 3.04. The molecular weight excluding hydrogens is 378 g/mol. The summed E-state index contributed by atoms with van der Waals surface area (Å²) in [5.41, 5.74) is 6.24. The van der Waals surface area contributed by atoms with Crippen molar-refractivity contribution in [2.45, 2.75) is 19.4 Å². The number of pyridine rings is 2. The van der Waals surface area contributed by atoms with E-state index in [4.69, 9.17) is 19.4 Å². The first-order chi connectivity index (χ1) is 14.6. The number of aromatic amines is 1. The van der Waals surface area contributed by atoms with Gasteiger partial charge in [-0.15, -0.1) is 0 Å². The molecule has 3 heterocycles. The number of aromatic nitrogens is 3. The van der Waals surface area contributed by atoms with Crippen molar-refractivity contribution in [3.63, 3.8) is 0 Å². The van der Waals surface area contributed by atoms with E-state index in [2.05, 4.69) is 17.1 Å². The van der Waals surface area contributed by atoms with Gasteiger partial charge in [0.2, 0.25) is 0 Å². The number of rotatable bonds is 3. The van der Waals surface area contributed by atoms with E-state index in [0.29, 0.717) is 17.1 Å². The van der Waals surface area contributed by atoms with Gasteiger partial charge in [-0.1, -0.05) is 36.4 Å². The predicted octanol–water partition coefficient (Wildman–Crippen LogP) is 4.67. The Bertz CT molecular complexity index is 1340. The molecule has 30 heavy (non-hydrogen) atoms. The van der Waals surface area contributed by atoms with Gasteiger partial charge in [-0.05, 0) is 36.6 Å². The van der Waals surface area contributed by atoms with E-state index in [9.17, 15) is 4.79 Å². The molecule has 1 aliphatic carbocycles. The number of para-hydroxylation sites is 1. The van der Waals surface area contributed by atoms with Gasteiger partial charge in [0.1, 0.15) is 11.8 Å². The van der Waals surface area contributed by atoms with E-state index in [0.717, 1.165) is 45.0 Å². The third-order valence-electron chi connectivity index (χ3n) is 5.70. The normalized spacial score (nSPS) is 15.5. The van der Waals surface area contributed by atoms with Crippen LogP contribution in [0.15, 0.2) is 48.6 Å². The van der Waals surface area contributed by atoms with Crippen LogP contribution in [0.4, 0.5) is 0 Å². The molecule has 0 saturated heterocycles. The summed E-state index contributed by atoms with van der Waals surface area (Å²) in [6.07, 6.45) is 4.73. The number of H-pyrrole nitrogens is 1. The predicted molar refractivity (Wildman–Crippen MR) is 116 cm³/mol. The maximum Gasteiger partial charge on any atom is 0.356 e. The highest BCUT2D eigenvalue weighted by Crippen LogP contribution is 2.36. The minimum atomic E-state index is -0.461. The Morgan fingerprint density at radius 3 is 2.77 bits per heavy atom. The van der Waals surface area contributed by atoms with Crippen molar-refractivity contribution in [1.82, 2.24) is 15.0 Å². The maximum absolute atomic E-state index is 12.5. The fraction of sp³-hybridized carbons (Fsp3) is 0.208. The van der Waals surface area contributed by atoms with E-state index in [1.807, 2.05) is 43.3 Å². The molecule has 6 nitrogen and oxygen atoms in total. The van der Waals surface area contributed by atoms with Gasteiger partial charge in [0.25, 0.3) is 0 Å². The summed E-state index contributed by atoms with van der Waals surface area (Å²) in [5, 5.41) is 1.99. The molecule has 3 aromatic heterocycles. The van der Waals surface area contributed by atoms with Crippen molar-refractivity contribution >= 4 is 27.8 Å². The Morgan fingerprint density at radius 1 is 1.13 bits per heavy atom. The molecule has 1 N–H and O–H groups in total. The Morgan fingerprint density at radius 2 is 1.97 bits per heavy atom. The second-order valence-corrected chi connectivity index (χ2v) is 7.38. The lowest BCUT2D eigenvalue weighted by Crippen LogP contribution is -2.11. The van der Waals surface area contributed by atoms with Crippen LogP contribution in [-0.2, 0) is 15.9 Å². The van der Waals surface area contributed by atoms with Crippen molar-refractivity contribution in [2.75, 3.05) is 14.2 Å². The van der Waals surface area contributed by atoms with Gasteiger partial charge in [-0.2, -0.15) is 0 Å². The van der Waals surface area contributed by atoms with Crippen LogP contribution in [0.25, 0.3) is 33.2 Å². The van der Waals surface area contributed by atoms with Gasteiger partial charge in [0.05, 0.1) is 24.0 Å². The van der Waals surface area contributed by atoms with Crippen LogP contribution in [0.2, 0.25) is 0 Å². The molecule has 1 aromatic carbocycles. The van der Waals surface area contributed by atoms with Crippen LogP contribution in [0.1, 0.15) is 33.4 Å². The minimum Gasteiger partial charge on any atom is -0.464 e. The number of allylic oxidation sites excluding steroid dienone is 1. The molecule has 0 bridgehead atoms. The van der Waals surface area contributed by atoms with Gasteiger partial charge in [0, 0.05) is 23.4 Å². The maximum atomic E-state index is 12.5. The van der Waals surface area contributed by atoms with E-state index >= 15 is 0 Å². The van der Waals surface area contributed by atoms with Gasteiger partial charge < -0.3 is 14.5 Å². The highest BCUT2D eigenvalue weighted by Gasteiger charge is 2.24. The molecule has 5 rings (SSSR count). The summed E-state index contributed by atoms with van der Waals surface area (Å²) < 4.78 is 10.6. The molecule has 150 valence electrons. The molecule has 6 heteroatoms. The molecule has 4 aromatic rings. The highest BCUT2D eigenvalue weighted by molar-refractivity contribution is 6.14. The lowest BCUT2D eigenvalue weighted by molar-refractivity contribution is 0.0593. The standard InChI is InChI=1S/C24H21N3O3/c1-13-19-15-8-4-5-9-16(15)25-23(19)22(27-20(13)24(28)30-3)17-12-11-14-7-6-10-18(29-2)21(14)26-17/h4-6,8-12,18,25H,7H2,1-3H3. The summed E-state index contributed by atoms with van der Waals surface area (Å²) in [6.45, 7) is 1.90. The first-order valence-electron chi connectivity index (χ1n) is 9.81. The van der Waals surface area contributed by atoms with Gasteiger partial charge in [0.15, 0.2) is 5.69 Å². The zero-order chi connectivity index (χ0) is 20.8. The first kappa shape index (κ1) is 18.5. The topological polar surface area (TPSA) is 77.1 Å². The van der Waals surface area contributed by atoms with Crippen LogP contribution in [0.5, 0.6) is 0 Å². The number of carbonyl (C=O) groups excluding carboxylic acids is 1. The van der Waals surface area contributed by atoms with E-state index in [-0.39, 0.29) is 6.10 Å². The average Bonchev–Trinajstić information content (AvgIpc) is 3.18. The summed E-state index contributed by atoms with van der Waals surface area (Å²) in [6, 6.07) is 12.0. The average molecular weight is 399 g/mol. The molecule has 1 unspecified atom stereocenters. The molecular formula is C24H21N3O3. The largest absolute Gasteiger partial charge is 0.464 e. The molecule has 1 aliphatic rings. The number of aryl methyl sites for hydroxylation is 1. The fourth-order valence-electron chi connectivity index (χ4n) is 4.21. The molecule has 0 spiro atoms. The first-order valence-corrected chi connectivity index (χ1v) is 9.81. The van der Waals surface area contributed by atoms with Crippen molar-refractivity contribution in [3.05, 3.63) is 71.1 Å². The number of hydrogen-bond donors (Lipinski definition) is 1. The summed E-state index contributed by atoms with van der Waals surface area (Å²) in [5.74, 6) is -0.461. The number of nitrogens with zero attached hydrogens (tertiary/aromatic N) is 2. The van der Waals surface area contributed by atoms with Crippen molar-refractivity contribution < 1.29 is 14.3 Å². The smallest absolute Gasteiger partial charge is 0.356 e. The number of benzene rings is 1. The van der Waals surface area contributed by atoms with E-state index in [1.54, 1.807) is 7.11 Å². The molecule has 0 amide bonds. The number of carbonyl (C=O) groups is 1. The zero-order valence-electron chi connectivity index (χ0n) is 17.0. The Hall–Kier alpha value is -3.51. The lowest BCUT2D eigenvalue weighted by Gasteiger charge is -2.19. The SMILES string of the molecule is COC(=O)c1nc(-c2ccc3c(n2)C(OC)C=CC3)c2[nH]c3ccccc3c2c1C. The van der Waals surface area contributed by atoms with Crippen molar-refractivity contribution in [1.29, 1.82) is 0 Å². The minimum absolute atomic E-state index is 0.197. The molecule has 0 saturated carbocycles. The van der Waals surface area contributed by atoms with Crippen LogP contribution in [-0.4, -0.2) is 35.1 Å². The highest BCUT2D eigenvalue weighted by atomic mass is 16.5. The van der Waals surface area contributed by atoms with Gasteiger partial charge in [-0.3, -0.25) is 0 Å². The summed E-state index contributed by atoms with van der Waals surface area (Å²) >= 11 is 0. The molecule has 1 atom stereocenters. The number of ether oxygens (including phenoxy) is 2. The number of esters is 1. The Labute approximate surface area is 173 Å². The number of methoxy groups -OCH3 is 2. The second-order valence-electron chi connectivity index (χ2n) is 7.38. The zero-order valence-corrected chi connectivity index (χ0v) is 17.0. The Balaban J connectivity index is 1.83. The summed E-state index contributed by atoms with van der Waals surface area (Å²) in [4.78, 5) is 25.6. The quantitative estimate of drug-likeness (QED) is 0.400. The number of fused-ring (bicyclic) bond motifs is 4. The molecule has 0 fully saturated rings. The Kier molecular flexibility index (Phi) is 4.37. The van der Waals surface area contributed by atoms with E-state index < -0.39 is 5.97 Å². The van der Waals surface area contributed by atoms with Gasteiger partial charge >= 0.3 is 5.97 Å². The number of hydrogen-bond acceptors (Lipinski definition) is 5. The molecule has 0 radical (unpaired) electrons. The monoisotopic (exact) mass is 399 g/mol. The van der Waals surface area contributed by atoms with Crippen LogP contribution < -0.4 is 0 Å².